The molecule has 0 radical (unpaired) electrons. The van der Waals surface area contributed by atoms with Crippen LogP contribution in [-0.2, 0) is 16.1 Å². The number of nitrogens with one attached hydrogen (secondary N) is 2. The van der Waals surface area contributed by atoms with Crippen LogP contribution in [0.25, 0.3) is 5.82 Å². The Balaban J connectivity index is 1.74. The Morgan fingerprint density at radius 2 is 1.89 bits per heavy atom. The summed E-state index contributed by atoms with van der Waals surface area (Å²) in [7, 11) is 0. The van der Waals surface area contributed by atoms with Crippen LogP contribution >= 0.6 is 0 Å². The zero-order valence-electron chi connectivity index (χ0n) is 16.8. The van der Waals surface area contributed by atoms with Crippen molar-refractivity contribution >= 4 is 11.8 Å². The molecular formula is C20H29N5O2. The van der Waals surface area contributed by atoms with Gasteiger partial charge in [0.25, 0.3) is 0 Å². The van der Waals surface area contributed by atoms with Gasteiger partial charge >= 0.3 is 0 Å². The standard InChI is InChI=1S/C20H29N5O2/c1-14-11-15(2)25(24-14)17-9-8-16(12-22-17)13-23-18(26)7-6-10-21-19(27)20(3,4)5/h8-9,11-12H,6-7,10,13H2,1-5H3,(H,21,27)(H,23,26). The average Bonchev–Trinajstić information content (AvgIpc) is 2.94. The third-order valence-electron chi connectivity index (χ3n) is 4.07. The summed E-state index contributed by atoms with van der Waals surface area (Å²) >= 11 is 0. The number of pyridine rings is 1. The number of hydrogen-bond donors (Lipinski definition) is 2. The molecule has 0 aliphatic rings. The molecule has 2 aromatic heterocycles. The molecule has 0 bridgehead atoms. The first-order valence-corrected chi connectivity index (χ1v) is 9.20. The Kier molecular flexibility index (Phi) is 6.71. The van der Waals surface area contributed by atoms with Gasteiger partial charge in [-0.05, 0) is 38.0 Å². The van der Waals surface area contributed by atoms with Crippen molar-refractivity contribution in [3.05, 3.63) is 41.3 Å². The summed E-state index contributed by atoms with van der Waals surface area (Å²) in [5.74, 6) is 0.713. The number of aromatic nitrogens is 3. The van der Waals surface area contributed by atoms with Crippen LogP contribution in [0.15, 0.2) is 24.4 Å². The van der Waals surface area contributed by atoms with E-state index < -0.39 is 5.41 Å². The van der Waals surface area contributed by atoms with Crippen LogP contribution < -0.4 is 10.6 Å². The molecule has 0 fully saturated rings. The number of carbonyl (C=O) groups is 2. The normalized spacial score (nSPS) is 11.3. The summed E-state index contributed by atoms with van der Waals surface area (Å²) in [5.41, 5.74) is 2.49. The van der Waals surface area contributed by atoms with Gasteiger partial charge in [0.05, 0.1) is 5.69 Å². The van der Waals surface area contributed by atoms with Gasteiger partial charge in [0, 0.05) is 36.8 Å². The van der Waals surface area contributed by atoms with Crippen molar-refractivity contribution in [3.63, 3.8) is 0 Å². The minimum atomic E-state index is -0.408. The van der Waals surface area contributed by atoms with Gasteiger partial charge in [-0.25, -0.2) is 9.67 Å². The fourth-order valence-corrected chi connectivity index (χ4v) is 2.51. The van der Waals surface area contributed by atoms with Gasteiger partial charge in [-0.3, -0.25) is 9.59 Å². The summed E-state index contributed by atoms with van der Waals surface area (Å²) in [4.78, 5) is 28.1. The molecule has 7 heteroatoms. The lowest BCUT2D eigenvalue weighted by molar-refractivity contribution is -0.128. The molecule has 0 saturated carbocycles. The van der Waals surface area contributed by atoms with Crippen molar-refractivity contribution < 1.29 is 9.59 Å². The smallest absolute Gasteiger partial charge is 0.225 e. The zero-order chi connectivity index (χ0) is 20.0. The fraction of sp³-hybridized carbons (Fsp3) is 0.500. The van der Waals surface area contributed by atoms with E-state index in [1.54, 1.807) is 10.9 Å². The second kappa shape index (κ2) is 8.79. The number of nitrogens with zero attached hydrogens (tertiary/aromatic N) is 3. The van der Waals surface area contributed by atoms with E-state index in [4.69, 9.17) is 0 Å². The van der Waals surface area contributed by atoms with Crippen molar-refractivity contribution in [2.24, 2.45) is 5.41 Å². The first-order valence-electron chi connectivity index (χ1n) is 9.20. The molecule has 0 aliphatic carbocycles. The van der Waals surface area contributed by atoms with E-state index in [9.17, 15) is 9.59 Å². The van der Waals surface area contributed by atoms with Crippen LogP contribution in [0.2, 0.25) is 0 Å². The highest BCUT2D eigenvalue weighted by molar-refractivity contribution is 5.81. The Morgan fingerprint density at radius 3 is 2.44 bits per heavy atom. The molecule has 0 spiro atoms. The highest BCUT2D eigenvalue weighted by Gasteiger charge is 2.20. The molecule has 2 N–H and O–H groups in total. The minimum Gasteiger partial charge on any atom is -0.356 e. The van der Waals surface area contributed by atoms with E-state index in [0.29, 0.717) is 25.9 Å². The van der Waals surface area contributed by atoms with Crippen molar-refractivity contribution in [2.75, 3.05) is 6.54 Å². The van der Waals surface area contributed by atoms with Crippen LogP contribution in [0.1, 0.15) is 50.6 Å². The van der Waals surface area contributed by atoms with Gasteiger partial charge in [0.15, 0.2) is 5.82 Å². The van der Waals surface area contributed by atoms with Crippen molar-refractivity contribution in [1.29, 1.82) is 0 Å². The molecule has 27 heavy (non-hydrogen) atoms. The van der Waals surface area contributed by atoms with Crippen molar-refractivity contribution in [2.45, 2.75) is 54.0 Å². The lowest BCUT2D eigenvalue weighted by Crippen LogP contribution is -2.35. The molecular weight excluding hydrogens is 342 g/mol. The van der Waals surface area contributed by atoms with E-state index in [0.717, 1.165) is 22.8 Å². The van der Waals surface area contributed by atoms with E-state index in [-0.39, 0.29) is 11.8 Å². The lowest BCUT2D eigenvalue weighted by Gasteiger charge is -2.17. The highest BCUT2D eigenvalue weighted by atomic mass is 16.2. The van der Waals surface area contributed by atoms with Crippen molar-refractivity contribution in [3.8, 4) is 5.82 Å². The van der Waals surface area contributed by atoms with E-state index in [1.807, 2.05) is 52.8 Å². The minimum absolute atomic E-state index is 0.00307. The molecule has 2 heterocycles. The van der Waals surface area contributed by atoms with Gasteiger partial charge in [-0.15, -0.1) is 0 Å². The summed E-state index contributed by atoms with van der Waals surface area (Å²) in [5, 5.41) is 10.1. The predicted molar refractivity (Wildman–Crippen MR) is 104 cm³/mol. The molecule has 0 atom stereocenters. The predicted octanol–water partition coefficient (Wildman–Crippen LogP) is 2.44. The van der Waals surface area contributed by atoms with Gasteiger partial charge in [0.2, 0.25) is 11.8 Å². The molecule has 2 aromatic rings. The Labute approximate surface area is 160 Å². The second-order valence-corrected chi connectivity index (χ2v) is 7.75. The largest absolute Gasteiger partial charge is 0.356 e. The summed E-state index contributed by atoms with van der Waals surface area (Å²) < 4.78 is 1.80. The number of rotatable bonds is 7. The fourth-order valence-electron chi connectivity index (χ4n) is 2.51. The maximum Gasteiger partial charge on any atom is 0.225 e. The van der Waals surface area contributed by atoms with E-state index in [2.05, 4.69) is 20.7 Å². The molecule has 0 aromatic carbocycles. The molecule has 146 valence electrons. The van der Waals surface area contributed by atoms with Gasteiger partial charge in [-0.1, -0.05) is 26.8 Å². The van der Waals surface area contributed by atoms with Crippen LogP contribution in [0.5, 0.6) is 0 Å². The summed E-state index contributed by atoms with van der Waals surface area (Å²) in [6.07, 6.45) is 2.74. The Morgan fingerprint density at radius 1 is 1.15 bits per heavy atom. The number of amides is 2. The molecule has 7 nitrogen and oxygen atoms in total. The third kappa shape index (κ3) is 6.20. The van der Waals surface area contributed by atoms with Crippen LogP contribution in [0.4, 0.5) is 0 Å². The summed E-state index contributed by atoms with van der Waals surface area (Å²) in [6, 6.07) is 5.82. The maximum atomic E-state index is 11.9. The van der Waals surface area contributed by atoms with E-state index in [1.165, 1.54) is 0 Å². The topological polar surface area (TPSA) is 88.9 Å². The number of carbonyl (C=O) groups excluding carboxylic acids is 2. The zero-order valence-corrected chi connectivity index (χ0v) is 16.8. The monoisotopic (exact) mass is 371 g/mol. The quantitative estimate of drug-likeness (QED) is 0.732. The lowest BCUT2D eigenvalue weighted by atomic mass is 9.96. The van der Waals surface area contributed by atoms with E-state index >= 15 is 0 Å². The summed E-state index contributed by atoms with van der Waals surface area (Å²) in [6.45, 7) is 10.5. The second-order valence-electron chi connectivity index (χ2n) is 7.75. The highest BCUT2D eigenvalue weighted by Crippen LogP contribution is 2.12. The first kappa shape index (κ1) is 20.6. The molecule has 2 rings (SSSR count). The number of aryl methyl sites for hydroxylation is 2. The van der Waals surface area contributed by atoms with Crippen LogP contribution in [0, 0.1) is 19.3 Å². The van der Waals surface area contributed by atoms with Crippen LogP contribution in [0.3, 0.4) is 0 Å². The van der Waals surface area contributed by atoms with Gasteiger partial charge in [-0.2, -0.15) is 5.10 Å². The maximum absolute atomic E-state index is 11.9. The van der Waals surface area contributed by atoms with Crippen LogP contribution in [-0.4, -0.2) is 33.1 Å². The Hall–Kier alpha value is -2.70. The average molecular weight is 371 g/mol. The third-order valence-corrected chi connectivity index (χ3v) is 4.07. The van der Waals surface area contributed by atoms with Crippen molar-refractivity contribution in [1.82, 2.24) is 25.4 Å². The van der Waals surface area contributed by atoms with Gasteiger partial charge in [0.1, 0.15) is 0 Å². The Bertz CT molecular complexity index is 788. The first-order chi connectivity index (χ1) is 12.7. The molecule has 0 unspecified atom stereocenters. The van der Waals surface area contributed by atoms with Gasteiger partial charge < -0.3 is 10.6 Å². The molecule has 2 amide bonds. The number of hydrogen-bond acceptors (Lipinski definition) is 4. The molecule has 0 aliphatic heterocycles. The SMILES string of the molecule is Cc1cc(C)n(-c2ccc(CNC(=O)CCCNC(=O)C(C)(C)C)cn2)n1. The molecule has 0 saturated heterocycles.